The summed E-state index contributed by atoms with van der Waals surface area (Å²) in [6.07, 6.45) is 0. The van der Waals surface area contributed by atoms with E-state index < -0.39 is 0 Å². The molecule has 1 aromatic carbocycles. The first kappa shape index (κ1) is 12.5. The van der Waals surface area contributed by atoms with E-state index in [0.29, 0.717) is 0 Å². The van der Waals surface area contributed by atoms with E-state index in [2.05, 4.69) is 34.2 Å². The molecule has 1 N–H and O–H groups in total. The molecule has 0 bridgehead atoms. The number of nitrogens with one attached hydrogen (secondary N) is 1. The second-order valence-corrected chi connectivity index (χ2v) is 5.42. The van der Waals surface area contributed by atoms with Crippen LogP contribution in [0.15, 0.2) is 18.2 Å². The van der Waals surface area contributed by atoms with Crippen molar-refractivity contribution in [3.05, 3.63) is 29.3 Å². The fraction of sp³-hybridized carbons (Fsp3) is 0.533. The molecule has 0 saturated carbocycles. The molecule has 0 aliphatic carbocycles. The minimum Gasteiger partial charge on any atom is -0.368 e. The van der Waals surface area contributed by atoms with Crippen LogP contribution in [-0.2, 0) is 0 Å². The molecule has 0 aromatic heterocycles. The van der Waals surface area contributed by atoms with Crippen molar-refractivity contribution in [3.63, 3.8) is 0 Å². The third-order valence-electron chi connectivity index (χ3n) is 4.27. The normalized spacial score (nSPS) is 20.9. The molecule has 2 aliphatic rings. The highest BCUT2D eigenvalue weighted by Crippen LogP contribution is 2.26. The van der Waals surface area contributed by atoms with Crippen molar-refractivity contribution < 1.29 is 0 Å². The van der Waals surface area contributed by atoms with E-state index in [-0.39, 0.29) is 0 Å². The lowest BCUT2D eigenvalue weighted by atomic mass is 10.1. The first-order valence-electron chi connectivity index (χ1n) is 6.99. The molecule has 0 spiro atoms. The van der Waals surface area contributed by atoms with Crippen LogP contribution >= 0.6 is 0 Å². The molecule has 0 unspecified atom stereocenters. The molecule has 100 valence electrons. The highest BCUT2D eigenvalue weighted by molar-refractivity contribution is 5.64. The topological polar surface area (TPSA) is 42.3 Å². The number of aryl methyl sites for hydroxylation is 1. The number of nitrogens with zero attached hydrogens (tertiary/aromatic N) is 3. The summed E-state index contributed by atoms with van der Waals surface area (Å²) >= 11 is 0. The Morgan fingerprint density at radius 2 is 1.95 bits per heavy atom. The molecule has 4 nitrogen and oxygen atoms in total. The number of para-hydroxylation sites is 1. The monoisotopic (exact) mass is 256 g/mol. The number of rotatable bonds is 2. The predicted molar refractivity (Wildman–Crippen MR) is 76.3 cm³/mol. The zero-order valence-electron chi connectivity index (χ0n) is 11.4. The Morgan fingerprint density at radius 3 is 2.53 bits per heavy atom. The van der Waals surface area contributed by atoms with Gasteiger partial charge in [-0.2, -0.15) is 5.26 Å². The smallest absolute Gasteiger partial charge is 0.101 e. The van der Waals surface area contributed by atoms with E-state index in [1.807, 2.05) is 12.1 Å². The summed E-state index contributed by atoms with van der Waals surface area (Å²) in [5.74, 6) is 0. The molecule has 0 amide bonds. The first-order valence-corrected chi connectivity index (χ1v) is 6.99. The number of anilines is 1. The molecule has 1 aromatic rings. The SMILES string of the molecule is Cc1cccc(C#N)c1N1CCN(C2CNC2)CC1. The third kappa shape index (κ3) is 2.32. The lowest BCUT2D eigenvalue weighted by Crippen LogP contribution is -2.61. The second kappa shape index (κ2) is 5.20. The van der Waals surface area contributed by atoms with Crippen LogP contribution in [0.4, 0.5) is 5.69 Å². The summed E-state index contributed by atoms with van der Waals surface area (Å²) in [5.41, 5.74) is 3.15. The molecule has 0 radical (unpaired) electrons. The van der Waals surface area contributed by atoms with Gasteiger partial charge >= 0.3 is 0 Å². The Kier molecular flexibility index (Phi) is 3.41. The van der Waals surface area contributed by atoms with Crippen LogP contribution in [0, 0.1) is 18.3 Å². The molecule has 0 atom stereocenters. The van der Waals surface area contributed by atoms with E-state index in [9.17, 15) is 5.26 Å². The predicted octanol–water partition coefficient (Wildman–Crippen LogP) is 0.960. The summed E-state index contributed by atoms with van der Waals surface area (Å²) in [7, 11) is 0. The summed E-state index contributed by atoms with van der Waals surface area (Å²) in [6, 6.07) is 9.04. The summed E-state index contributed by atoms with van der Waals surface area (Å²) in [4.78, 5) is 4.94. The van der Waals surface area contributed by atoms with Gasteiger partial charge in [-0.3, -0.25) is 4.90 Å². The van der Waals surface area contributed by atoms with Crippen LogP contribution in [0.2, 0.25) is 0 Å². The maximum Gasteiger partial charge on any atom is 0.101 e. The fourth-order valence-electron chi connectivity index (χ4n) is 3.01. The number of benzene rings is 1. The van der Waals surface area contributed by atoms with Gasteiger partial charge in [-0.15, -0.1) is 0 Å². The molecular weight excluding hydrogens is 236 g/mol. The lowest BCUT2D eigenvalue weighted by molar-refractivity contribution is 0.138. The quantitative estimate of drug-likeness (QED) is 0.856. The Hall–Kier alpha value is -1.57. The first-order chi connectivity index (χ1) is 9.29. The second-order valence-electron chi connectivity index (χ2n) is 5.42. The van der Waals surface area contributed by atoms with Crippen molar-refractivity contribution in [2.75, 3.05) is 44.2 Å². The molecule has 4 heteroatoms. The Morgan fingerprint density at radius 1 is 1.21 bits per heavy atom. The minimum absolute atomic E-state index is 0.731. The lowest BCUT2D eigenvalue weighted by Gasteiger charge is -2.44. The maximum atomic E-state index is 9.27. The van der Waals surface area contributed by atoms with Crippen LogP contribution in [0.1, 0.15) is 11.1 Å². The van der Waals surface area contributed by atoms with Crippen molar-refractivity contribution in [3.8, 4) is 6.07 Å². The molecule has 2 heterocycles. The summed E-state index contributed by atoms with van der Waals surface area (Å²) in [6.45, 7) is 8.61. The van der Waals surface area contributed by atoms with Crippen molar-refractivity contribution >= 4 is 5.69 Å². The molecule has 3 rings (SSSR count). The Labute approximate surface area is 114 Å². The zero-order valence-corrected chi connectivity index (χ0v) is 11.4. The number of piperazine rings is 1. The zero-order chi connectivity index (χ0) is 13.2. The van der Waals surface area contributed by atoms with E-state index in [1.54, 1.807) is 0 Å². The average molecular weight is 256 g/mol. The molecule has 2 saturated heterocycles. The van der Waals surface area contributed by atoms with Crippen LogP contribution < -0.4 is 10.2 Å². The van der Waals surface area contributed by atoms with Gasteiger partial charge < -0.3 is 10.2 Å². The van der Waals surface area contributed by atoms with Gasteiger partial charge in [-0.1, -0.05) is 12.1 Å². The van der Waals surface area contributed by atoms with E-state index in [0.717, 1.165) is 56.6 Å². The maximum absolute atomic E-state index is 9.27. The van der Waals surface area contributed by atoms with Gasteiger partial charge in [0.1, 0.15) is 6.07 Å². The van der Waals surface area contributed by atoms with Gasteiger partial charge in [0, 0.05) is 45.3 Å². The third-order valence-corrected chi connectivity index (χ3v) is 4.27. The molecule has 2 fully saturated rings. The molecule has 19 heavy (non-hydrogen) atoms. The van der Waals surface area contributed by atoms with E-state index in [1.165, 1.54) is 5.56 Å². The minimum atomic E-state index is 0.731. The highest BCUT2D eigenvalue weighted by atomic mass is 15.3. The Balaban J connectivity index is 1.73. The standard InChI is InChI=1S/C15H20N4/c1-12-3-2-4-13(9-16)15(12)19-7-5-18(6-8-19)14-10-17-11-14/h2-4,14,17H,5-8,10-11H2,1H3. The van der Waals surface area contributed by atoms with Crippen LogP contribution in [-0.4, -0.2) is 50.2 Å². The Bertz CT molecular complexity index is 493. The van der Waals surface area contributed by atoms with Crippen LogP contribution in [0.5, 0.6) is 0 Å². The fourth-order valence-corrected chi connectivity index (χ4v) is 3.01. The molecule has 2 aliphatic heterocycles. The molecular formula is C15H20N4. The van der Waals surface area contributed by atoms with Gasteiger partial charge in [0.25, 0.3) is 0 Å². The average Bonchev–Trinajstić information content (AvgIpc) is 2.37. The van der Waals surface area contributed by atoms with Crippen molar-refractivity contribution in [1.29, 1.82) is 5.26 Å². The van der Waals surface area contributed by atoms with E-state index in [4.69, 9.17) is 0 Å². The van der Waals surface area contributed by atoms with Gasteiger partial charge in [0.15, 0.2) is 0 Å². The number of hydrogen-bond donors (Lipinski definition) is 1. The van der Waals surface area contributed by atoms with Crippen molar-refractivity contribution in [2.45, 2.75) is 13.0 Å². The van der Waals surface area contributed by atoms with Gasteiger partial charge in [0.2, 0.25) is 0 Å². The highest BCUT2D eigenvalue weighted by Gasteiger charge is 2.28. The summed E-state index contributed by atoms with van der Waals surface area (Å²) < 4.78 is 0. The largest absolute Gasteiger partial charge is 0.368 e. The van der Waals surface area contributed by atoms with Crippen LogP contribution in [0.3, 0.4) is 0 Å². The van der Waals surface area contributed by atoms with E-state index >= 15 is 0 Å². The van der Waals surface area contributed by atoms with Crippen molar-refractivity contribution in [1.82, 2.24) is 10.2 Å². The number of nitriles is 1. The van der Waals surface area contributed by atoms with Crippen LogP contribution in [0.25, 0.3) is 0 Å². The van der Waals surface area contributed by atoms with Gasteiger partial charge in [-0.05, 0) is 18.6 Å². The van der Waals surface area contributed by atoms with Gasteiger partial charge in [-0.25, -0.2) is 0 Å². The van der Waals surface area contributed by atoms with Crippen molar-refractivity contribution in [2.24, 2.45) is 0 Å². The number of hydrogen-bond acceptors (Lipinski definition) is 4. The van der Waals surface area contributed by atoms with Gasteiger partial charge in [0.05, 0.1) is 11.3 Å². The summed E-state index contributed by atoms with van der Waals surface area (Å²) in [5, 5.41) is 12.6.